The molecule has 0 saturated heterocycles. The first-order valence-electron chi connectivity index (χ1n) is 8.59. The first-order chi connectivity index (χ1) is 12.7. The van der Waals surface area contributed by atoms with Crippen LogP contribution in [-0.2, 0) is 0 Å². The number of fused-ring (bicyclic) bond motifs is 1. The van der Waals surface area contributed by atoms with Gasteiger partial charge in [-0.3, -0.25) is 4.90 Å². The predicted octanol–water partition coefficient (Wildman–Crippen LogP) is 3.83. The topological polar surface area (TPSA) is 59.8 Å². The quantitative estimate of drug-likeness (QED) is 0.817. The summed E-state index contributed by atoms with van der Waals surface area (Å²) in [5, 5.41) is 21.6. The van der Waals surface area contributed by atoms with Crippen LogP contribution in [0.5, 0.6) is 0 Å². The molecule has 0 fully saturated rings. The lowest BCUT2D eigenvalue weighted by Crippen LogP contribution is -2.56. The lowest BCUT2D eigenvalue weighted by atomic mass is 9.96. The van der Waals surface area contributed by atoms with E-state index in [0.717, 1.165) is 40.6 Å². The highest BCUT2D eigenvalue weighted by Gasteiger charge is 2.44. The molecule has 0 amide bonds. The zero-order valence-electron chi connectivity index (χ0n) is 15.2. The number of rotatable bonds is 4. The van der Waals surface area contributed by atoms with Crippen LogP contribution in [0.4, 0.5) is 18.9 Å². The SMILES string of the molecule is CC[C](CC)c1nsc2ccc(N3C(O)C=C(C(F)(F)F)N(C)C3O)cc12. The normalized spacial score (nSPS) is 21.3. The van der Waals surface area contributed by atoms with Crippen molar-refractivity contribution in [3.05, 3.63) is 41.6 Å². The molecule has 5 nitrogen and oxygen atoms in total. The number of allylic oxidation sites excluding steroid dienone is 1. The van der Waals surface area contributed by atoms with E-state index in [9.17, 15) is 23.4 Å². The minimum absolute atomic E-state index is 0.417. The number of benzene rings is 1. The average Bonchev–Trinajstić information content (AvgIpc) is 3.02. The summed E-state index contributed by atoms with van der Waals surface area (Å²) in [4.78, 5) is 1.83. The van der Waals surface area contributed by atoms with Crippen molar-refractivity contribution < 1.29 is 23.4 Å². The maximum atomic E-state index is 13.1. The highest BCUT2D eigenvalue weighted by atomic mass is 32.1. The van der Waals surface area contributed by atoms with Gasteiger partial charge in [-0.1, -0.05) is 13.8 Å². The van der Waals surface area contributed by atoms with E-state index in [-0.39, 0.29) is 0 Å². The molecule has 1 radical (unpaired) electrons. The van der Waals surface area contributed by atoms with Gasteiger partial charge in [-0.05, 0) is 48.6 Å². The molecule has 0 bridgehead atoms. The summed E-state index contributed by atoms with van der Waals surface area (Å²) in [6.07, 6.45) is -5.55. The highest BCUT2D eigenvalue weighted by Crippen LogP contribution is 2.38. The largest absolute Gasteiger partial charge is 0.431 e. The van der Waals surface area contributed by atoms with Crippen LogP contribution < -0.4 is 4.90 Å². The van der Waals surface area contributed by atoms with Crippen LogP contribution >= 0.6 is 11.5 Å². The Labute approximate surface area is 159 Å². The summed E-state index contributed by atoms with van der Waals surface area (Å²) < 4.78 is 44.7. The number of aliphatic hydroxyl groups is 2. The first kappa shape index (κ1) is 19.9. The van der Waals surface area contributed by atoms with Crippen molar-refractivity contribution in [2.75, 3.05) is 11.9 Å². The summed E-state index contributed by atoms with van der Waals surface area (Å²) in [7, 11) is 1.14. The van der Waals surface area contributed by atoms with E-state index in [1.54, 1.807) is 18.2 Å². The molecule has 2 N–H and O–H groups in total. The fourth-order valence-electron chi connectivity index (χ4n) is 3.29. The van der Waals surface area contributed by atoms with Gasteiger partial charge in [0.2, 0.25) is 6.35 Å². The van der Waals surface area contributed by atoms with E-state index >= 15 is 0 Å². The van der Waals surface area contributed by atoms with Crippen LogP contribution in [0.3, 0.4) is 0 Å². The third-order valence-electron chi connectivity index (χ3n) is 4.80. The Morgan fingerprint density at radius 3 is 2.48 bits per heavy atom. The molecule has 2 atom stereocenters. The standard InChI is InChI=1S/C18H21F3N3O2S/c1-4-10(5-2)16-12-8-11(6-7-13(12)27-22-16)24-15(25)9-14(18(19,20)21)23(3)17(24)26/h6-9,15,17,25-26H,4-5H2,1-3H3. The lowest BCUT2D eigenvalue weighted by Gasteiger charge is -2.43. The number of hydrogen-bond donors (Lipinski definition) is 2. The van der Waals surface area contributed by atoms with Crippen molar-refractivity contribution in [1.82, 2.24) is 9.27 Å². The highest BCUT2D eigenvalue weighted by molar-refractivity contribution is 7.13. The van der Waals surface area contributed by atoms with Crippen LogP contribution in [0.2, 0.25) is 0 Å². The van der Waals surface area contributed by atoms with Gasteiger partial charge in [-0.15, -0.1) is 0 Å². The fraction of sp³-hybridized carbons (Fsp3) is 0.444. The molecule has 1 aromatic carbocycles. The summed E-state index contributed by atoms with van der Waals surface area (Å²) in [6.45, 7) is 4.09. The number of halogens is 3. The van der Waals surface area contributed by atoms with E-state index in [4.69, 9.17) is 0 Å². The Hall–Kier alpha value is -1.84. The molecule has 147 valence electrons. The number of alkyl halides is 3. The molecule has 2 unspecified atom stereocenters. The number of aliphatic hydroxyl groups excluding tert-OH is 2. The van der Waals surface area contributed by atoms with Gasteiger partial charge in [0.25, 0.3) is 0 Å². The summed E-state index contributed by atoms with van der Waals surface area (Å²) in [5.74, 6) is 1.18. The summed E-state index contributed by atoms with van der Waals surface area (Å²) in [5.41, 5.74) is 0.202. The van der Waals surface area contributed by atoms with Crippen LogP contribution in [0.1, 0.15) is 32.4 Å². The minimum Gasteiger partial charge on any atom is -0.370 e. The molecule has 27 heavy (non-hydrogen) atoms. The summed E-state index contributed by atoms with van der Waals surface area (Å²) >= 11 is 1.35. The molecular formula is C18H21F3N3O2S. The van der Waals surface area contributed by atoms with Crippen molar-refractivity contribution in [2.45, 2.75) is 45.4 Å². The third-order valence-corrected chi connectivity index (χ3v) is 5.62. The van der Waals surface area contributed by atoms with Crippen molar-refractivity contribution in [3.8, 4) is 0 Å². The molecule has 0 saturated carbocycles. The molecule has 2 heterocycles. The second-order valence-electron chi connectivity index (χ2n) is 6.35. The fourth-order valence-corrected chi connectivity index (χ4v) is 4.09. The summed E-state index contributed by atoms with van der Waals surface area (Å²) in [6, 6.07) is 5.22. The maximum Gasteiger partial charge on any atom is 0.431 e. The average molecular weight is 400 g/mol. The third kappa shape index (κ3) is 3.51. The first-order valence-corrected chi connectivity index (χ1v) is 9.37. The van der Waals surface area contributed by atoms with Crippen molar-refractivity contribution >= 4 is 27.3 Å². The Kier molecular flexibility index (Phi) is 5.38. The molecule has 9 heteroatoms. The van der Waals surface area contributed by atoms with Gasteiger partial charge in [-0.2, -0.15) is 17.5 Å². The molecule has 3 rings (SSSR count). The van der Waals surface area contributed by atoms with E-state index in [2.05, 4.69) is 4.37 Å². The molecule has 1 aliphatic heterocycles. The van der Waals surface area contributed by atoms with E-state index in [1.165, 1.54) is 17.5 Å². The molecule has 2 aromatic rings. The van der Waals surface area contributed by atoms with Gasteiger partial charge < -0.3 is 15.1 Å². The van der Waals surface area contributed by atoms with Crippen LogP contribution in [0.15, 0.2) is 30.0 Å². The number of anilines is 1. The molecule has 1 aliphatic rings. The lowest BCUT2D eigenvalue weighted by molar-refractivity contribution is -0.133. The zero-order valence-corrected chi connectivity index (χ0v) is 16.0. The van der Waals surface area contributed by atoms with Gasteiger partial charge in [0.15, 0.2) is 6.23 Å². The Bertz CT molecular complexity index is 848. The van der Waals surface area contributed by atoms with Crippen molar-refractivity contribution in [1.29, 1.82) is 0 Å². The van der Waals surface area contributed by atoms with E-state index in [0.29, 0.717) is 16.7 Å². The molecule has 0 spiro atoms. The van der Waals surface area contributed by atoms with Gasteiger partial charge in [0, 0.05) is 24.0 Å². The predicted molar refractivity (Wildman–Crippen MR) is 98.9 cm³/mol. The smallest absolute Gasteiger partial charge is 0.370 e. The van der Waals surface area contributed by atoms with Gasteiger partial charge in [-0.25, -0.2) is 0 Å². The van der Waals surface area contributed by atoms with Crippen LogP contribution in [0, 0.1) is 5.92 Å². The number of aromatic nitrogens is 1. The number of hydrogen-bond acceptors (Lipinski definition) is 6. The Balaban J connectivity index is 2.04. The van der Waals surface area contributed by atoms with E-state index in [1.807, 2.05) is 13.8 Å². The van der Waals surface area contributed by atoms with Gasteiger partial charge in [0.05, 0.1) is 10.4 Å². The molecular weight excluding hydrogens is 379 g/mol. The van der Waals surface area contributed by atoms with Crippen molar-refractivity contribution in [2.24, 2.45) is 0 Å². The van der Waals surface area contributed by atoms with Crippen LogP contribution in [0.25, 0.3) is 10.1 Å². The zero-order chi connectivity index (χ0) is 19.9. The molecule has 0 aliphatic carbocycles. The van der Waals surface area contributed by atoms with Gasteiger partial charge >= 0.3 is 6.18 Å². The Morgan fingerprint density at radius 1 is 1.22 bits per heavy atom. The minimum atomic E-state index is -4.66. The number of nitrogens with zero attached hydrogens (tertiary/aromatic N) is 3. The van der Waals surface area contributed by atoms with E-state index < -0.39 is 24.5 Å². The van der Waals surface area contributed by atoms with Gasteiger partial charge in [0.1, 0.15) is 5.70 Å². The monoisotopic (exact) mass is 400 g/mol. The van der Waals surface area contributed by atoms with Crippen LogP contribution in [-0.4, -0.2) is 45.3 Å². The second-order valence-corrected chi connectivity index (χ2v) is 7.16. The van der Waals surface area contributed by atoms with Crippen molar-refractivity contribution in [3.63, 3.8) is 0 Å². The second kappa shape index (κ2) is 7.29. The maximum absolute atomic E-state index is 13.1. The molecule has 1 aromatic heterocycles. The Morgan fingerprint density at radius 2 is 1.89 bits per heavy atom.